The Morgan fingerprint density at radius 1 is 1.19 bits per heavy atom. The summed E-state index contributed by atoms with van der Waals surface area (Å²) in [5, 5.41) is 7.82. The molecule has 1 saturated heterocycles. The van der Waals surface area contributed by atoms with Crippen molar-refractivity contribution in [3.05, 3.63) is 41.2 Å². The van der Waals surface area contributed by atoms with Crippen LogP contribution < -0.4 is 20.5 Å². The van der Waals surface area contributed by atoms with E-state index in [1.165, 1.54) is 0 Å². The molecule has 0 saturated carbocycles. The summed E-state index contributed by atoms with van der Waals surface area (Å²) in [6.07, 6.45) is 3.62. The summed E-state index contributed by atoms with van der Waals surface area (Å²) in [6.45, 7) is 1.86. The topological polar surface area (TPSA) is 91.4 Å². The number of rotatable bonds is 4. The highest BCUT2D eigenvalue weighted by molar-refractivity contribution is 5.94. The maximum absolute atomic E-state index is 11.8. The molecule has 7 nitrogen and oxygen atoms in total. The average molecular weight is 354 g/mol. The second kappa shape index (κ2) is 7.93. The van der Waals surface area contributed by atoms with Crippen molar-refractivity contribution < 1.29 is 14.3 Å². The van der Waals surface area contributed by atoms with Gasteiger partial charge in [-0.1, -0.05) is 5.92 Å². The zero-order valence-electron chi connectivity index (χ0n) is 14.9. The molecule has 1 aromatic carbocycles. The van der Waals surface area contributed by atoms with Crippen LogP contribution in [0.4, 0.5) is 0 Å². The Morgan fingerprint density at radius 3 is 2.42 bits per heavy atom. The van der Waals surface area contributed by atoms with Gasteiger partial charge in [-0.15, -0.1) is 0 Å². The number of ether oxygens (including phenoxy) is 2. The summed E-state index contributed by atoms with van der Waals surface area (Å²) >= 11 is 0. The van der Waals surface area contributed by atoms with Gasteiger partial charge in [0.2, 0.25) is 0 Å². The van der Waals surface area contributed by atoms with Crippen molar-refractivity contribution in [2.24, 2.45) is 5.73 Å². The van der Waals surface area contributed by atoms with Gasteiger partial charge in [0.15, 0.2) is 0 Å². The van der Waals surface area contributed by atoms with Crippen LogP contribution >= 0.6 is 0 Å². The zero-order chi connectivity index (χ0) is 18.5. The van der Waals surface area contributed by atoms with Gasteiger partial charge in [0, 0.05) is 17.8 Å². The Kier molecular flexibility index (Phi) is 5.44. The molecule has 1 aliphatic heterocycles. The number of piperidine rings is 1. The van der Waals surface area contributed by atoms with Crippen LogP contribution in [0.2, 0.25) is 0 Å². The lowest BCUT2D eigenvalue weighted by Gasteiger charge is -2.22. The Bertz CT molecular complexity index is 835. The molecule has 1 amide bonds. The van der Waals surface area contributed by atoms with Gasteiger partial charge in [-0.3, -0.25) is 9.48 Å². The normalized spacial score (nSPS) is 14.4. The molecule has 2 aromatic rings. The molecule has 0 unspecified atom stereocenters. The van der Waals surface area contributed by atoms with Gasteiger partial charge in [0.1, 0.15) is 17.2 Å². The first-order chi connectivity index (χ1) is 12.6. The van der Waals surface area contributed by atoms with Gasteiger partial charge in [0.05, 0.1) is 25.8 Å². The zero-order valence-corrected chi connectivity index (χ0v) is 14.9. The fraction of sp³-hybridized carbons (Fsp3) is 0.368. The van der Waals surface area contributed by atoms with E-state index >= 15 is 0 Å². The van der Waals surface area contributed by atoms with Gasteiger partial charge >= 0.3 is 0 Å². The van der Waals surface area contributed by atoms with E-state index in [1.54, 1.807) is 38.6 Å². The van der Waals surface area contributed by atoms with Gasteiger partial charge in [-0.25, -0.2) is 0 Å². The third kappa shape index (κ3) is 3.98. The molecule has 0 bridgehead atoms. The van der Waals surface area contributed by atoms with Crippen molar-refractivity contribution in [2.45, 2.75) is 18.9 Å². The molecule has 1 fully saturated rings. The Labute approximate surface area is 152 Å². The van der Waals surface area contributed by atoms with Crippen LogP contribution in [-0.2, 0) is 0 Å². The fourth-order valence-corrected chi connectivity index (χ4v) is 2.93. The van der Waals surface area contributed by atoms with Crippen LogP contribution in [0.3, 0.4) is 0 Å². The molecule has 7 heteroatoms. The van der Waals surface area contributed by atoms with E-state index in [0.29, 0.717) is 28.3 Å². The Hall–Kier alpha value is -2.98. The number of benzene rings is 1. The van der Waals surface area contributed by atoms with Crippen molar-refractivity contribution in [3.63, 3.8) is 0 Å². The monoisotopic (exact) mass is 354 g/mol. The van der Waals surface area contributed by atoms with Crippen LogP contribution in [0.15, 0.2) is 24.4 Å². The summed E-state index contributed by atoms with van der Waals surface area (Å²) < 4.78 is 12.3. The highest BCUT2D eigenvalue weighted by atomic mass is 16.5. The number of primary amides is 1. The molecule has 1 aliphatic rings. The number of nitrogens with zero attached hydrogens (tertiary/aromatic N) is 2. The van der Waals surface area contributed by atoms with E-state index in [0.717, 1.165) is 25.9 Å². The number of nitrogens with two attached hydrogens (primary N) is 1. The maximum Gasteiger partial charge on any atom is 0.253 e. The van der Waals surface area contributed by atoms with Crippen molar-refractivity contribution in [3.8, 4) is 23.3 Å². The lowest BCUT2D eigenvalue weighted by atomic mass is 10.1. The number of carbonyl (C=O) groups excluding carboxylic acids is 1. The quantitative estimate of drug-likeness (QED) is 0.808. The summed E-state index contributed by atoms with van der Waals surface area (Å²) in [5.74, 6) is 6.73. The summed E-state index contributed by atoms with van der Waals surface area (Å²) in [5.41, 5.74) is 6.93. The van der Waals surface area contributed by atoms with Crippen LogP contribution in [0.1, 0.15) is 40.5 Å². The van der Waals surface area contributed by atoms with Crippen LogP contribution in [0.25, 0.3) is 0 Å². The van der Waals surface area contributed by atoms with Crippen molar-refractivity contribution in [1.29, 1.82) is 0 Å². The largest absolute Gasteiger partial charge is 0.497 e. The first-order valence-electron chi connectivity index (χ1n) is 8.45. The van der Waals surface area contributed by atoms with E-state index < -0.39 is 5.91 Å². The van der Waals surface area contributed by atoms with Gasteiger partial charge in [-0.05, 0) is 44.0 Å². The van der Waals surface area contributed by atoms with Crippen LogP contribution in [0.5, 0.6) is 11.5 Å². The Morgan fingerprint density at radius 2 is 1.85 bits per heavy atom. The molecule has 3 rings (SSSR count). The van der Waals surface area contributed by atoms with E-state index in [9.17, 15) is 4.79 Å². The van der Waals surface area contributed by atoms with E-state index in [1.807, 2.05) is 4.68 Å². The second-order valence-electron chi connectivity index (χ2n) is 6.07. The minimum Gasteiger partial charge on any atom is -0.497 e. The first kappa shape index (κ1) is 17.8. The van der Waals surface area contributed by atoms with Crippen LogP contribution in [0, 0.1) is 11.8 Å². The fourth-order valence-electron chi connectivity index (χ4n) is 2.93. The molecule has 0 aliphatic carbocycles. The average Bonchev–Trinajstić information content (AvgIpc) is 3.11. The first-order valence-corrected chi connectivity index (χ1v) is 8.45. The number of aromatic nitrogens is 2. The van der Waals surface area contributed by atoms with E-state index in [2.05, 4.69) is 22.3 Å². The maximum atomic E-state index is 11.8. The number of hydrogen-bond donors (Lipinski definition) is 2. The van der Waals surface area contributed by atoms with Crippen LogP contribution in [-0.4, -0.2) is 43.0 Å². The molecule has 0 spiro atoms. The minimum absolute atomic E-state index is 0.252. The molecule has 0 radical (unpaired) electrons. The standard InChI is InChI=1S/C19H22N4O3/c1-25-15-9-13(10-16(11-15)26-2)3-4-18-17(19(20)24)12-23(22-18)14-5-7-21-8-6-14/h9-12,14,21H,5-8H2,1-2H3,(H2,20,24). The number of hydrogen-bond acceptors (Lipinski definition) is 5. The molecule has 3 N–H and O–H groups in total. The van der Waals surface area contributed by atoms with E-state index in [4.69, 9.17) is 15.2 Å². The third-order valence-electron chi connectivity index (χ3n) is 4.36. The second-order valence-corrected chi connectivity index (χ2v) is 6.07. The SMILES string of the molecule is COc1cc(C#Cc2nn(C3CCNCC3)cc2C(N)=O)cc(OC)c1. The molecule has 26 heavy (non-hydrogen) atoms. The van der Waals surface area contributed by atoms with Crippen molar-refractivity contribution in [2.75, 3.05) is 27.3 Å². The number of methoxy groups -OCH3 is 2. The van der Waals surface area contributed by atoms with Gasteiger partial charge in [-0.2, -0.15) is 5.10 Å². The highest BCUT2D eigenvalue weighted by Gasteiger charge is 2.19. The lowest BCUT2D eigenvalue weighted by Crippen LogP contribution is -2.29. The molecule has 136 valence electrons. The summed E-state index contributed by atoms with van der Waals surface area (Å²) in [4.78, 5) is 11.8. The number of amides is 1. The summed E-state index contributed by atoms with van der Waals surface area (Å²) in [6, 6.07) is 5.61. The predicted molar refractivity (Wildman–Crippen MR) is 97.4 cm³/mol. The minimum atomic E-state index is -0.530. The number of carbonyl (C=O) groups is 1. The molecular formula is C19H22N4O3. The predicted octanol–water partition coefficient (Wildman–Crippen LogP) is 1.32. The Balaban J connectivity index is 1.93. The number of nitrogens with one attached hydrogen (secondary N) is 1. The third-order valence-corrected chi connectivity index (χ3v) is 4.36. The molecule has 1 aromatic heterocycles. The van der Waals surface area contributed by atoms with Gasteiger partial charge < -0.3 is 20.5 Å². The smallest absolute Gasteiger partial charge is 0.253 e. The molecule has 2 heterocycles. The highest BCUT2D eigenvalue weighted by Crippen LogP contribution is 2.22. The van der Waals surface area contributed by atoms with E-state index in [-0.39, 0.29) is 6.04 Å². The van der Waals surface area contributed by atoms with Crippen molar-refractivity contribution in [1.82, 2.24) is 15.1 Å². The van der Waals surface area contributed by atoms with Crippen molar-refractivity contribution >= 4 is 5.91 Å². The molecule has 0 atom stereocenters. The summed E-state index contributed by atoms with van der Waals surface area (Å²) in [7, 11) is 3.16. The molecular weight excluding hydrogens is 332 g/mol. The lowest BCUT2D eigenvalue weighted by molar-refractivity contribution is 0.1000. The van der Waals surface area contributed by atoms with Gasteiger partial charge in [0.25, 0.3) is 5.91 Å².